The second-order valence-electron chi connectivity index (χ2n) is 5.88. The van der Waals surface area contributed by atoms with E-state index in [1.807, 2.05) is 35.0 Å². The van der Waals surface area contributed by atoms with E-state index < -0.39 is 0 Å². The molecule has 6 nitrogen and oxygen atoms in total. The molecule has 4 rings (SSSR count). The lowest BCUT2D eigenvalue weighted by Crippen LogP contribution is -2.39. The lowest BCUT2D eigenvalue weighted by atomic mass is 10.2. The van der Waals surface area contributed by atoms with Crippen molar-refractivity contribution in [1.29, 1.82) is 0 Å². The standard InChI is InChI=1S/C18H21N5O/c1-2-4-15(5-3-1)17-7-6-16-14-20-18(21-23(16)17)19-8-9-22-10-12-24-13-11-22/h1-7,14H,8-13H2,(H,19,21). The Morgan fingerprint density at radius 2 is 1.88 bits per heavy atom. The number of aromatic nitrogens is 3. The maximum Gasteiger partial charge on any atom is 0.241 e. The van der Waals surface area contributed by atoms with Crippen molar-refractivity contribution < 1.29 is 4.74 Å². The van der Waals surface area contributed by atoms with Crippen molar-refractivity contribution in [2.24, 2.45) is 0 Å². The third-order valence-corrected chi connectivity index (χ3v) is 4.28. The van der Waals surface area contributed by atoms with Gasteiger partial charge in [-0.3, -0.25) is 4.90 Å². The van der Waals surface area contributed by atoms with Crippen molar-refractivity contribution in [3.63, 3.8) is 0 Å². The highest BCUT2D eigenvalue weighted by Crippen LogP contribution is 2.21. The summed E-state index contributed by atoms with van der Waals surface area (Å²) >= 11 is 0. The van der Waals surface area contributed by atoms with Crippen LogP contribution in [-0.2, 0) is 4.74 Å². The van der Waals surface area contributed by atoms with E-state index in [2.05, 4.69) is 38.5 Å². The number of nitrogens with zero attached hydrogens (tertiary/aromatic N) is 4. The molecule has 3 heterocycles. The van der Waals surface area contributed by atoms with Gasteiger partial charge in [0.2, 0.25) is 5.95 Å². The van der Waals surface area contributed by atoms with Gasteiger partial charge in [-0.05, 0) is 12.1 Å². The van der Waals surface area contributed by atoms with Gasteiger partial charge < -0.3 is 10.1 Å². The third-order valence-electron chi connectivity index (χ3n) is 4.28. The molecule has 1 fully saturated rings. The van der Waals surface area contributed by atoms with E-state index in [0.29, 0.717) is 5.95 Å². The first-order valence-electron chi connectivity index (χ1n) is 8.34. The zero-order chi connectivity index (χ0) is 16.2. The van der Waals surface area contributed by atoms with Crippen LogP contribution in [0.1, 0.15) is 0 Å². The molecule has 0 atom stereocenters. The molecule has 0 spiro atoms. The van der Waals surface area contributed by atoms with Crippen LogP contribution in [0.2, 0.25) is 0 Å². The second kappa shape index (κ2) is 6.98. The Morgan fingerprint density at radius 1 is 1.04 bits per heavy atom. The number of anilines is 1. The minimum atomic E-state index is 0.657. The van der Waals surface area contributed by atoms with E-state index >= 15 is 0 Å². The van der Waals surface area contributed by atoms with Crippen LogP contribution in [0, 0.1) is 0 Å². The third kappa shape index (κ3) is 3.25. The maximum absolute atomic E-state index is 5.37. The Bertz CT molecular complexity index is 796. The van der Waals surface area contributed by atoms with Gasteiger partial charge in [0.1, 0.15) is 0 Å². The van der Waals surface area contributed by atoms with Gasteiger partial charge in [-0.15, -0.1) is 5.10 Å². The Hall–Kier alpha value is -2.44. The van der Waals surface area contributed by atoms with E-state index in [9.17, 15) is 0 Å². The van der Waals surface area contributed by atoms with Crippen LogP contribution in [0.5, 0.6) is 0 Å². The molecular weight excluding hydrogens is 302 g/mol. The molecule has 0 amide bonds. The Labute approximate surface area is 141 Å². The molecule has 0 aliphatic carbocycles. The van der Waals surface area contributed by atoms with Crippen molar-refractivity contribution in [3.05, 3.63) is 48.7 Å². The summed E-state index contributed by atoms with van der Waals surface area (Å²) < 4.78 is 7.31. The quantitative estimate of drug-likeness (QED) is 0.780. The smallest absolute Gasteiger partial charge is 0.241 e. The molecule has 1 aliphatic rings. The molecule has 2 aromatic heterocycles. The minimum absolute atomic E-state index is 0.657. The summed E-state index contributed by atoms with van der Waals surface area (Å²) in [7, 11) is 0. The van der Waals surface area contributed by atoms with E-state index in [-0.39, 0.29) is 0 Å². The van der Waals surface area contributed by atoms with Crippen LogP contribution in [0.15, 0.2) is 48.7 Å². The molecule has 6 heteroatoms. The van der Waals surface area contributed by atoms with Crippen LogP contribution in [-0.4, -0.2) is 58.9 Å². The summed E-state index contributed by atoms with van der Waals surface area (Å²) in [5.74, 6) is 0.657. The molecular formula is C18H21N5O. The van der Waals surface area contributed by atoms with Crippen molar-refractivity contribution in [3.8, 4) is 11.3 Å². The molecule has 24 heavy (non-hydrogen) atoms. The van der Waals surface area contributed by atoms with Crippen LogP contribution < -0.4 is 5.32 Å². The summed E-state index contributed by atoms with van der Waals surface area (Å²) in [6.45, 7) is 5.45. The molecule has 0 bridgehead atoms. The first kappa shape index (κ1) is 15.1. The average Bonchev–Trinajstić information content (AvgIpc) is 3.07. The molecule has 124 valence electrons. The fourth-order valence-electron chi connectivity index (χ4n) is 2.96. The fourth-order valence-corrected chi connectivity index (χ4v) is 2.96. The monoisotopic (exact) mass is 323 g/mol. The van der Waals surface area contributed by atoms with Gasteiger partial charge >= 0.3 is 0 Å². The largest absolute Gasteiger partial charge is 0.379 e. The van der Waals surface area contributed by atoms with Gasteiger partial charge in [0.05, 0.1) is 30.6 Å². The van der Waals surface area contributed by atoms with Gasteiger partial charge in [0.15, 0.2) is 0 Å². The van der Waals surface area contributed by atoms with Crippen LogP contribution in [0.4, 0.5) is 5.95 Å². The molecule has 0 radical (unpaired) electrons. The topological polar surface area (TPSA) is 54.7 Å². The number of rotatable bonds is 5. The predicted molar refractivity (Wildman–Crippen MR) is 94.2 cm³/mol. The van der Waals surface area contributed by atoms with Gasteiger partial charge in [0.25, 0.3) is 0 Å². The van der Waals surface area contributed by atoms with Crippen LogP contribution in [0.3, 0.4) is 0 Å². The number of hydrogen-bond donors (Lipinski definition) is 1. The minimum Gasteiger partial charge on any atom is -0.379 e. The highest BCUT2D eigenvalue weighted by Gasteiger charge is 2.10. The van der Waals surface area contributed by atoms with Crippen molar-refractivity contribution in [2.45, 2.75) is 0 Å². The van der Waals surface area contributed by atoms with Crippen molar-refractivity contribution in [2.75, 3.05) is 44.7 Å². The summed E-state index contributed by atoms with van der Waals surface area (Å²) in [5.41, 5.74) is 3.22. The maximum atomic E-state index is 5.37. The van der Waals surface area contributed by atoms with Crippen molar-refractivity contribution >= 4 is 11.5 Å². The van der Waals surface area contributed by atoms with Gasteiger partial charge in [-0.2, -0.15) is 0 Å². The van der Waals surface area contributed by atoms with Gasteiger partial charge in [-0.1, -0.05) is 30.3 Å². The highest BCUT2D eigenvalue weighted by atomic mass is 16.5. The Balaban J connectivity index is 1.48. The first-order valence-corrected chi connectivity index (χ1v) is 8.34. The number of benzene rings is 1. The molecule has 1 N–H and O–H groups in total. The summed E-state index contributed by atoms with van der Waals surface area (Å²) in [4.78, 5) is 6.80. The normalized spacial score (nSPS) is 15.7. The van der Waals surface area contributed by atoms with Crippen LogP contribution in [0.25, 0.3) is 16.8 Å². The summed E-state index contributed by atoms with van der Waals surface area (Å²) in [5, 5.41) is 7.97. The van der Waals surface area contributed by atoms with E-state index in [4.69, 9.17) is 4.74 Å². The van der Waals surface area contributed by atoms with E-state index in [1.54, 1.807) is 0 Å². The lowest BCUT2D eigenvalue weighted by molar-refractivity contribution is 0.0398. The lowest BCUT2D eigenvalue weighted by Gasteiger charge is -2.26. The van der Waals surface area contributed by atoms with Crippen molar-refractivity contribution in [1.82, 2.24) is 19.5 Å². The fraction of sp³-hybridized carbons (Fsp3) is 0.333. The zero-order valence-electron chi connectivity index (χ0n) is 13.6. The molecule has 1 aromatic carbocycles. The molecule has 1 aliphatic heterocycles. The highest BCUT2D eigenvalue weighted by molar-refractivity contribution is 5.66. The first-order chi connectivity index (χ1) is 11.9. The van der Waals surface area contributed by atoms with Gasteiger partial charge in [-0.25, -0.2) is 9.50 Å². The zero-order valence-corrected chi connectivity index (χ0v) is 13.6. The molecule has 3 aromatic rings. The second-order valence-corrected chi connectivity index (χ2v) is 5.88. The van der Waals surface area contributed by atoms with Gasteiger partial charge in [0, 0.05) is 31.7 Å². The number of ether oxygens (including phenoxy) is 1. The van der Waals surface area contributed by atoms with E-state index in [0.717, 1.165) is 56.2 Å². The number of fused-ring (bicyclic) bond motifs is 1. The number of nitrogens with one attached hydrogen (secondary N) is 1. The SMILES string of the molecule is c1ccc(-c2ccc3cnc(NCCN4CCOCC4)nn23)cc1. The number of morpholine rings is 1. The average molecular weight is 323 g/mol. The Kier molecular flexibility index (Phi) is 4.40. The molecule has 0 unspecified atom stereocenters. The molecule has 0 saturated carbocycles. The predicted octanol–water partition coefficient (Wildman–Crippen LogP) is 2.14. The number of hydrogen-bond acceptors (Lipinski definition) is 5. The molecule has 1 saturated heterocycles. The Morgan fingerprint density at radius 3 is 2.71 bits per heavy atom. The van der Waals surface area contributed by atoms with E-state index in [1.165, 1.54) is 0 Å². The summed E-state index contributed by atoms with van der Waals surface area (Å²) in [6.07, 6.45) is 1.86. The van der Waals surface area contributed by atoms with Crippen LogP contribution >= 0.6 is 0 Å². The summed E-state index contributed by atoms with van der Waals surface area (Å²) in [6, 6.07) is 14.4.